The normalized spacial score (nSPS) is 33.1. The SMILES string of the molecule is CC(C)CC(=O)NC[C@@H]1O[C@H](CO)[C@@H](O)[C@@H]1O. The Bertz CT molecular complexity index is 258. The Hall–Kier alpha value is -0.690. The molecule has 17 heavy (non-hydrogen) atoms. The van der Waals surface area contributed by atoms with Gasteiger partial charge >= 0.3 is 0 Å². The van der Waals surface area contributed by atoms with Crippen LogP contribution < -0.4 is 5.32 Å². The molecule has 1 amide bonds. The number of aliphatic hydroxyl groups is 3. The molecule has 4 N–H and O–H groups in total. The summed E-state index contributed by atoms with van der Waals surface area (Å²) < 4.78 is 5.23. The average molecular weight is 247 g/mol. The molecule has 1 aliphatic rings. The van der Waals surface area contributed by atoms with Gasteiger partial charge in [0.05, 0.1) is 6.61 Å². The number of nitrogens with one attached hydrogen (secondary N) is 1. The Labute approximate surface area is 101 Å². The van der Waals surface area contributed by atoms with Crippen LogP contribution in [0.1, 0.15) is 20.3 Å². The maximum Gasteiger partial charge on any atom is 0.220 e. The maximum atomic E-state index is 11.4. The van der Waals surface area contributed by atoms with E-state index in [-0.39, 0.29) is 25.0 Å². The van der Waals surface area contributed by atoms with E-state index in [1.165, 1.54) is 0 Å². The first-order valence-electron chi connectivity index (χ1n) is 5.84. The molecule has 0 spiro atoms. The zero-order valence-electron chi connectivity index (χ0n) is 10.2. The van der Waals surface area contributed by atoms with Crippen molar-refractivity contribution in [2.24, 2.45) is 5.92 Å². The molecule has 1 saturated heterocycles. The number of carbonyl (C=O) groups is 1. The molecular weight excluding hydrogens is 226 g/mol. The third-order valence-corrected chi connectivity index (χ3v) is 2.74. The molecule has 0 radical (unpaired) electrons. The van der Waals surface area contributed by atoms with E-state index in [0.29, 0.717) is 6.42 Å². The summed E-state index contributed by atoms with van der Waals surface area (Å²) in [5.41, 5.74) is 0. The van der Waals surface area contributed by atoms with Gasteiger partial charge in [-0.15, -0.1) is 0 Å². The highest BCUT2D eigenvalue weighted by Crippen LogP contribution is 2.20. The third kappa shape index (κ3) is 3.92. The molecule has 1 aliphatic heterocycles. The summed E-state index contributed by atoms with van der Waals surface area (Å²) in [5, 5.41) is 30.6. The fraction of sp³-hybridized carbons (Fsp3) is 0.909. The molecule has 0 aromatic carbocycles. The lowest BCUT2D eigenvalue weighted by Crippen LogP contribution is -2.40. The predicted molar refractivity (Wildman–Crippen MR) is 60.2 cm³/mol. The Morgan fingerprint density at radius 2 is 1.88 bits per heavy atom. The zero-order valence-corrected chi connectivity index (χ0v) is 10.2. The number of rotatable bonds is 5. The van der Waals surface area contributed by atoms with E-state index in [0.717, 1.165) is 0 Å². The molecule has 0 bridgehead atoms. The fourth-order valence-electron chi connectivity index (χ4n) is 1.80. The molecule has 0 aromatic heterocycles. The number of ether oxygens (including phenoxy) is 1. The summed E-state index contributed by atoms with van der Waals surface area (Å²) >= 11 is 0. The van der Waals surface area contributed by atoms with Crippen LogP contribution in [0.5, 0.6) is 0 Å². The monoisotopic (exact) mass is 247 g/mol. The standard InChI is InChI=1S/C11H21NO5/c1-6(2)3-9(14)12-4-7-10(15)11(16)8(5-13)17-7/h6-8,10-11,13,15-16H,3-5H2,1-2H3,(H,12,14)/t7-,8+,10+,11+/m0/s1. The van der Waals surface area contributed by atoms with Crippen LogP contribution in [0.4, 0.5) is 0 Å². The molecule has 0 aromatic rings. The highest BCUT2D eigenvalue weighted by atomic mass is 16.6. The minimum Gasteiger partial charge on any atom is -0.394 e. The summed E-state index contributed by atoms with van der Waals surface area (Å²) in [5.74, 6) is 0.151. The molecule has 1 fully saturated rings. The van der Waals surface area contributed by atoms with E-state index < -0.39 is 24.4 Å². The van der Waals surface area contributed by atoms with Gasteiger partial charge in [-0.2, -0.15) is 0 Å². The van der Waals surface area contributed by atoms with Gasteiger partial charge in [0.1, 0.15) is 24.4 Å². The first kappa shape index (κ1) is 14.4. The van der Waals surface area contributed by atoms with Crippen molar-refractivity contribution in [3.8, 4) is 0 Å². The quantitative estimate of drug-likeness (QED) is 0.480. The van der Waals surface area contributed by atoms with E-state index in [1.807, 2.05) is 13.8 Å². The second kappa shape index (κ2) is 6.30. The van der Waals surface area contributed by atoms with Crippen molar-refractivity contribution in [2.45, 2.75) is 44.7 Å². The highest BCUT2D eigenvalue weighted by molar-refractivity contribution is 5.76. The lowest BCUT2D eigenvalue weighted by molar-refractivity contribution is -0.122. The summed E-state index contributed by atoms with van der Waals surface area (Å²) in [7, 11) is 0. The van der Waals surface area contributed by atoms with Gasteiger partial charge in [-0.25, -0.2) is 0 Å². The first-order valence-corrected chi connectivity index (χ1v) is 5.84. The van der Waals surface area contributed by atoms with Crippen LogP contribution >= 0.6 is 0 Å². The number of hydrogen-bond acceptors (Lipinski definition) is 5. The summed E-state index contributed by atoms with van der Waals surface area (Å²) in [6.07, 6.45) is -3.22. The Morgan fingerprint density at radius 1 is 1.29 bits per heavy atom. The molecule has 6 heteroatoms. The molecule has 0 unspecified atom stereocenters. The smallest absolute Gasteiger partial charge is 0.220 e. The Morgan fingerprint density at radius 3 is 2.35 bits per heavy atom. The van der Waals surface area contributed by atoms with E-state index >= 15 is 0 Å². The molecule has 100 valence electrons. The van der Waals surface area contributed by atoms with Crippen molar-refractivity contribution in [1.82, 2.24) is 5.32 Å². The Balaban J connectivity index is 2.35. The van der Waals surface area contributed by atoms with E-state index in [4.69, 9.17) is 9.84 Å². The van der Waals surface area contributed by atoms with Gasteiger partial charge in [-0.3, -0.25) is 4.79 Å². The van der Waals surface area contributed by atoms with Crippen molar-refractivity contribution in [3.05, 3.63) is 0 Å². The van der Waals surface area contributed by atoms with Crippen LogP contribution in [0.15, 0.2) is 0 Å². The first-order chi connectivity index (χ1) is 7.95. The van der Waals surface area contributed by atoms with Crippen LogP contribution in [0.3, 0.4) is 0 Å². The lowest BCUT2D eigenvalue weighted by Gasteiger charge is -2.15. The number of amides is 1. The molecule has 1 heterocycles. The number of carbonyl (C=O) groups excluding carboxylic acids is 1. The van der Waals surface area contributed by atoms with Gasteiger partial charge in [0.2, 0.25) is 5.91 Å². The van der Waals surface area contributed by atoms with Gasteiger partial charge in [-0.05, 0) is 5.92 Å². The third-order valence-electron chi connectivity index (χ3n) is 2.74. The molecule has 4 atom stereocenters. The highest BCUT2D eigenvalue weighted by Gasteiger charge is 2.42. The lowest BCUT2D eigenvalue weighted by atomic mass is 10.1. The maximum absolute atomic E-state index is 11.4. The van der Waals surface area contributed by atoms with Crippen LogP contribution in [-0.4, -0.2) is 58.8 Å². The zero-order chi connectivity index (χ0) is 13.0. The van der Waals surface area contributed by atoms with Crippen LogP contribution in [-0.2, 0) is 9.53 Å². The summed E-state index contributed by atoms with van der Waals surface area (Å²) in [6, 6.07) is 0. The fourth-order valence-corrected chi connectivity index (χ4v) is 1.80. The van der Waals surface area contributed by atoms with Gasteiger partial charge in [0.15, 0.2) is 0 Å². The second-order valence-electron chi connectivity index (χ2n) is 4.78. The molecule has 6 nitrogen and oxygen atoms in total. The van der Waals surface area contributed by atoms with Crippen molar-refractivity contribution in [2.75, 3.05) is 13.2 Å². The number of hydrogen-bond donors (Lipinski definition) is 4. The Kier molecular flexibility index (Phi) is 5.32. The largest absolute Gasteiger partial charge is 0.394 e. The summed E-state index contributed by atoms with van der Waals surface area (Å²) in [4.78, 5) is 11.4. The van der Waals surface area contributed by atoms with E-state index in [1.54, 1.807) is 0 Å². The van der Waals surface area contributed by atoms with E-state index in [9.17, 15) is 15.0 Å². The minimum absolute atomic E-state index is 0.113. The number of aliphatic hydroxyl groups excluding tert-OH is 3. The van der Waals surface area contributed by atoms with Gasteiger partial charge in [0, 0.05) is 13.0 Å². The average Bonchev–Trinajstić information content (AvgIpc) is 2.52. The molecule has 0 aliphatic carbocycles. The van der Waals surface area contributed by atoms with E-state index in [2.05, 4.69) is 5.32 Å². The van der Waals surface area contributed by atoms with Crippen molar-refractivity contribution in [3.63, 3.8) is 0 Å². The minimum atomic E-state index is -1.10. The van der Waals surface area contributed by atoms with Crippen LogP contribution in [0.2, 0.25) is 0 Å². The second-order valence-corrected chi connectivity index (χ2v) is 4.78. The molecular formula is C11H21NO5. The summed E-state index contributed by atoms with van der Waals surface area (Å²) in [6.45, 7) is 3.66. The molecule has 0 saturated carbocycles. The molecule has 1 rings (SSSR count). The van der Waals surface area contributed by atoms with Gasteiger partial charge in [-0.1, -0.05) is 13.8 Å². The van der Waals surface area contributed by atoms with Crippen LogP contribution in [0, 0.1) is 5.92 Å². The van der Waals surface area contributed by atoms with Crippen LogP contribution in [0.25, 0.3) is 0 Å². The van der Waals surface area contributed by atoms with Crippen molar-refractivity contribution < 1.29 is 24.9 Å². The van der Waals surface area contributed by atoms with Gasteiger partial charge in [0.25, 0.3) is 0 Å². The predicted octanol–water partition coefficient (Wildman–Crippen LogP) is -1.37. The topological polar surface area (TPSA) is 99.0 Å². The van der Waals surface area contributed by atoms with Crippen molar-refractivity contribution in [1.29, 1.82) is 0 Å². The van der Waals surface area contributed by atoms with Gasteiger partial charge < -0.3 is 25.4 Å². The van der Waals surface area contributed by atoms with Crippen molar-refractivity contribution >= 4 is 5.91 Å².